The highest BCUT2D eigenvalue weighted by molar-refractivity contribution is 9.10. The van der Waals surface area contributed by atoms with Gasteiger partial charge < -0.3 is 9.47 Å². The summed E-state index contributed by atoms with van der Waals surface area (Å²) in [5, 5.41) is 0. The largest absolute Gasteiger partial charge is 0.497 e. The topological polar surface area (TPSA) is 18.5 Å². The molecule has 0 saturated heterocycles. The molecular weight excluding hydrogens is 328 g/mol. The van der Waals surface area contributed by atoms with E-state index in [1.54, 1.807) is 7.11 Å². The van der Waals surface area contributed by atoms with Crippen molar-refractivity contribution in [3.63, 3.8) is 0 Å². The Bertz CT molecular complexity index is 559. The number of benzene rings is 2. The van der Waals surface area contributed by atoms with E-state index in [4.69, 9.17) is 9.47 Å². The fourth-order valence-corrected chi connectivity index (χ4v) is 2.39. The lowest BCUT2D eigenvalue weighted by Crippen LogP contribution is -2.24. The molecule has 0 aromatic heterocycles. The minimum Gasteiger partial charge on any atom is -0.497 e. The Hall–Kier alpha value is -1.32. The first kappa shape index (κ1) is 16.1. The highest BCUT2D eigenvalue weighted by Gasteiger charge is 2.20. The Morgan fingerprint density at radius 3 is 2.14 bits per heavy atom. The molecular formula is C18H21BrO2. The van der Waals surface area contributed by atoms with Crippen molar-refractivity contribution in [1.29, 1.82) is 0 Å². The summed E-state index contributed by atoms with van der Waals surface area (Å²) < 4.78 is 12.1. The first-order valence-corrected chi connectivity index (χ1v) is 7.77. The van der Waals surface area contributed by atoms with Gasteiger partial charge in [0, 0.05) is 9.89 Å². The number of hydrogen-bond donors (Lipinski definition) is 0. The molecule has 112 valence electrons. The Morgan fingerprint density at radius 1 is 0.952 bits per heavy atom. The summed E-state index contributed by atoms with van der Waals surface area (Å²) in [5.74, 6) is 0.869. The van der Waals surface area contributed by atoms with E-state index in [-0.39, 0.29) is 5.41 Å². The van der Waals surface area contributed by atoms with E-state index in [1.165, 1.54) is 5.56 Å². The van der Waals surface area contributed by atoms with Crippen molar-refractivity contribution in [3.8, 4) is 5.75 Å². The van der Waals surface area contributed by atoms with Crippen LogP contribution < -0.4 is 4.74 Å². The maximum Gasteiger partial charge on any atom is 0.118 e. The van der Waals surface area contributed by atoms with Gasteiger partial charge in [0.1, 0.15) is 5.75 Å². The molecule has 3 heteroatoms. The van der Waals surface area contributed by atoms with E-state index in [0.29, 0.717) is 13.2 Å². The van der Waals surface area contributed by atoms with E-state index in [9.17, 15) is 0 Å². The molecule has 0 bridgehead atoms. The van der Waals surface area contributed by atoms with E-state index in [0.717, 1.165) is 15.8 Å². The monoisotopic (exact) mass is 348 g/mol. The zero-order chi connectivity index (χ0) is 15.3. The summed E-state index contributed by atoms with van der Waals surface area (Å²) in [6, 6.07) is 16.4. The van der Waals surface area contributed by atoms with Crippen molar-refractivity contribution in [2.24, 2.45) is 0 Å². The predicted octanol–water partition coefficient (Wildman–Crippen LogP) is 4.95. The standard InChI is InChI=1S/C18H21BrO2/c1-18(2,15-6-8-16(19)9-7-15)13-21-12-14-4-10-17(20-3)11-5-14/h4-11H,12-13H2,1-3H3. The molecule has 2 rings (SSSR count). The van der Waals surface area contributed by atoms with Crippen LogP contribution in [0, 0.1) is 0 Å². The summed E-state index contributed by atoms with van der Waals surface area (Å²) in [4.78, 5) is 0. The summed E-state index contributed by atoms with van der Waals surface area (Å²) >= 11 is 3.47. The predicted molar refractivity (Wildman–Crippen MR) is 89.8 cm³/mol. The molecule has 0 fully saturated rings. The Morgan fingerprint density at radius 2 is 1.57 bits per heavy atom. The van der Waals surface area contributed by atoms with Gasteiger partial charge >= 0.3 is 0 Å². The van der Waals surface area contributed by atoms with E-state index in [2.05, 4.69) is 54.0 Å². The highest BCUT2D eigenvalue weighted by Crippen LogP contribution is 2.25. The van der Waals surface area contributed by atoms with Gasteiger partial charge in [-0.05, 0) is 35.4 Å². The van der Waals surface area contributed by atoms with E-state index >= 15 is 0 Å². The Balaban J connectivity index is 1.90. The van der Waals surface area contributed by atoms with Gasteiger partial charge in [-0.1, -0.05) is 54.0 Å². The number of methoxy groups -OCH3 is 1. The molecule has 2 aromatic rings. The summed E-state index contributed by atoms with van der Waals surface area (Å²) in [7, 11) is 1.67. The molecule has 0 radical (unpaired) electrons. The van der Waals surface area contributed by atoms with Gasteiger partial charge in [0.15, 0.2) is 0 Å². The van der Waals surface area contributed by atoms with Crippen LogP contribution >= 0.6 is 15.9 Å². The minimum atomic E-state index is -0.00678. The van der Waals surface area contributed by atoms with Crippen LogP contribution in [-0.2, 0) is 16.8 Å². The van der Waals surface area contributed by atoms with E-state index < -0.39 is 0 Å². The van der Waals surface area contributed by atoms with Crippen LogP contribution in [0.15, 0.2) is 53.0 Å². The molecule has 0 spiro atoms. The summed E-state index contributed by atoms with van der Waals surface area (Å²) in [6.45, 7) is 5.69. The van der Waals surface area contributed by atoms with Crippen molar-refractivity contribution >= 4 is 15.9 Å². The van der Waals surface area contributed by atoms with Crippen molar-refractivity contribution in [3.05, 3.63) is 64.1 Å². The second-order valence-electron chi connectivity index (χ2n) is 5.73. The molecule has 0 N–H and O–H groups in total. The van der Waals surface area contributed by atoms with Crippen molar-refractivity contribution in [2.75, 3.05) is 13.7 Å². The molecule has 0 saturated carbocycles. The zero-order valence-electron chi connectivity index (χ0n) is 12.7. The molecule has 0 aliphatic carbocycles. The van der Waals surface area contributed by atoms with Crippen LogP contribution in [0.1, 0.15) is 25.0 Å². The Kier molecular flexibility index (Phi) is 5.43. The summed E-state index contributed by atoms with van der Waals surface area (Å²) in [5.41, 5.74) is 2.43. The van der Waals surface area contributed by atoms with Crippen LogP contribution in [0.5, 0.6) is 5.75 Å². The SMILES string of the molecule is COc1ccc(COCC(C)(C)c2ccc(Br)cc2)cc1. The van der Waals surface area contributed by atoms with Crippen LogP contribution in [-0.4, -0.2) is 13.7 Å². The molecule has 0 aliphatic heterocycles. The minimum absolute atomic E-state index is 0.00678. The normalized spacial score (nSPS) is 11.4. The van der Waals surface area contributed by atoms with Gasteiger partial charge in [-0.25, -0.2) is 0 Å². The van der Waals surface area contributed by atoms with Gasteiger partial charge in [0.25, 0.3) is 0 Å². The molecule has 0 aliphatic rings. The number of halogens is 1. The second kappa shape index (κ2) is 7.10. The van der Waals surface area contributed by atoms with Crippen LogP contribution in [0.25, 0.3) is 0 Å². The van der Waals surface area contributed by atoms with E-state index in [1.807, 2.05) is 24.3 Å². The van der Waals surface area contributed by atoms with Crippen LogP contribution in [0.2, 0.25) is 0 Å². The number of hydrogen-bond acceptors (Lipinski definition) is 2. The first-order valence-electron chi connectivity index (χ1n) is 6.98. The molecule has 0 unspecified atom stereocenters. The maximum atomic E-state index is 5.89. The lowest BCUT2D eigenvalue weighted by molar-refractivity contribution is 0.0824. The summed E-state index contributed by atoms with van der Waals surface area (Å²) in [6.07, 6.45) is 0. The van der Waals surface area contributed by atoms with Crippen molar-refractivity contribution < 1.29 is 9.47 Å². The quantitative estimate of drug-likeness (QED) is 0.734. The smallest absolute Gasteiger partial charge is 0.118 e. The molecule has 0 atom stereocenters. The molecule has 0 heterocycles. The highest BCUT2D eigenvalue weighted by atomic mass is 79.9. The zero-order valence-corrected chi connectivity index (χ0v) is 14.3. The van der Waals surface area contributed by atoms with Gasteiger partial charge in [0.2, 0.25) is 0 Å². The van der Waals surface area contributed by atoms with Gasteiger partial charge in [0.05, 0.1) is 20.3 Å². The van der Waals surface area contributed by atoms with Gasteiger partial charge in [-0.3, -0.25) is 0 Å². The fraction of sp³-hybridized carbons (Fsp3) is 0.333. The lowest BCUT2D eigenvalue weighted by atomic mass is 9.86. The fourth-order valence-electron chi connectivity index (χ4n) is 2.13. The third kappa shape index (κ3) is 4.58. The molecule has 0 amide bonds. The van der Waals surface area contributed by atoms with Crippen molar-refractivity contribution in [2.45, 2.75) is 25.9 Å². The van der Waals surface area contributed by atoms with Gasteiger partial charge in [-0.15, -0.1) is 0 Å². The molecule has 2 nitrogen and oxygen atoms in total. The van der Waals surface area contributed by atoms with Crippen LogP contribution in [0.4, 0.5) is 0 Å². The third-order valence-corrected chi connectivity index (χ3v) is 4.05. The third-order valence-electron chi connectivity index (χ3n) is 3.52. The lowest BCUT2D eigenvalue weighted by Gasteiger charge is -2.25. The number of rotatable bonds is 6. The second-order valence-corrected chi connectivity index (χ2v) is 6.65. The average Bonchev–Trinajstić information content (AvgIpc) is 2.48. The maximum absolute atomic E-state index is 5.89. The van der Waals surface area contributed by atoms with Crippen molar-refractivity contribution in [1.82, 2.24) is 0 Å². The number of ether oxygens (including phenoxy) is 2. The van der Waals surface area contributed by atoms with Gasteiger partial charge in [-0.2, -0.15) is 0 Å². The molecule has 2 aromatic carbocycles. The first-order chi connectivity index (χ1) is 10.0. The van der Waals surface area contributed by atoms with Crippen LogP contribution in [0.3, 0.4) is 0 Å². The average molecular weight is 349 g/mol. The Labute approximate surface area is 135 Å². The molecule has 21 heavy (non-hydrogen) atoms.